The Balaban J connectivity index is 1.52. The lowest BCUT2D eigenvalue weighted by molar-refractivity contribution is -0.140. The van der Waals surface area contributed by atoms with E-state index in [2.05, 4.69) is 22.9 Å². The van der Waals surface area contributed by atoms with Gasteiger partial charge in [-0.25, -0.2) is 0 Å². The quantitative estimate of drug-likeness (QED) is 0.637. The van der Waals surface area contributed by atoms with E-state index in [1.165, 1.54) is 0 Å². The molecule has 29 heavy (non-hydrogen) atoms. The molecule has 6 nitrogen and oxygen atoms in total. The second-order valence-electron chi connectivity index (χ2n) is 7.45. The van der Waals surface area contributed by atoms with Crippen molar-refractivity contribution in [1.29, 1.82) is 0 Å². The minimum atomic E-state index is -0.773. The van der Waals surface area contributed by atoms with Crippen LogP contribution in [0.25, 0.3) is 0 Å². The Bertz CT molecular complexity index is 823. The maximum atomic E-state index is 12.4. The molecule has 1 aromatic heterocycles. The summed E-state index contributed by atoms with van der Waals surface area (Å²) < 4.78 is 0. The van der Waals surface area contributed by atoms with Gasteiger partial charge < -0.3 is 16.0 Å². The number of amides is 3. The molecule has 0 spiro atoms. The Hall–Kier alpha value is -2.67. The van der Waals surface area contributed by atoms with Crippen molar-refractivity contribution in [3.8, 4) is 0 Å². The average Bonchev–Trinajstić information content (AvgIpc) is 3.27. The SMILES string of the molecule is C[C@@H]1CCCC[C@@H]1NC(=O)C(=O)NCC(=O)N[C@H](c1ccccc1)c1cccs1. The molecule has 0 radical (unpaired) electrons. The summed E-state index contributed by atoms with van der Waals surface area (Å²) in [4.78, 5) is 37.7. The molecule has 7 heteroatoms. The van der Waals surface area contributed by atoms with Crippen molar-refractivity contribution >= 4 is 29.1 Å². The molecule has 3 atom stereocenters. The molecule has 1 aromatic carbocycles. The molecule has 1 aliphatic carbocycles. The zero-order valence-electron chi connectivity index (χ0n) is 16.5. The highest BCUT2D eigenvalue weighted by Crippen LogP contribution is 2.26. The van der Waals surface area contributed by atoms with Crippen LogP contribution in [-0.4, -0.2) is 30.3 Å². The molecule has 0 saturated heterocycles. The number of carbonyl (C=O) groups excluding carboxylic acids is 3. The summed E-state index contributed by atoms with van der Waals surface area (Å²) in [6, 6.07) is 13.3. The molecule has 0 bridgehead atoms. The van der Waals surface area contributed by atoms with Crippen molar-refractivity contribution in [3.05, 3.63) is 58.3 Å². The van der Waals surface area contributed by atoms with Gasteiger partial charge in [-0.05, 0) is 35.8 Å². The summed E-state index contributed by atoms with van der Waals surface area (Å²) in [6.07, 6.45) is 4.16. The van der Waals surface area contributed by atoms with E-state index in [4.69, 9.17) is 0 Å². The fourth-order valence-corrected chi connectivity index (χ4v) is 4.44. The normalized spacial score (nSPS) is 19.8. The summed E-state index contributed by atoms with van der Waals surface area (Å²) in [6.45, 7) is 1.84. The molecule has 0 unspecified atom stereocenters. The first-order chi connectivity index (χ1) is 14.0. The first-order valence-corrected chi connectivity index (χ1v) is 10.9. The summed E-state index contributed by atoms with van der Waals surface area (Å²) in [5.74, 6) is -1.43. The van der Waals surface area contributed by atoms with E-state index in [1.807, 2.05) is 47.8 Å². The second-order valence-corrected chi connectivity index (χ2v) is 8.43. The third-order valence-corrected chi connectivity index (χ3v) is 6.25. The second kappa shape index (κ2) is 10.2. The highest BCUT2D eigenvalue weighted by molar-refractivity contribution is 7.10. The van der Waals surface area contributed by atoms with Crippen molar-refractivity contribution in [2.45, 2.75) is 44.7 Å². The van der Waals surface area contributed by atoms with Gasteiger partial charge >= 0.3 is 11.8 Å². The number of carbonyl (C=O) groups is 3. The van der Waals surface area contributed by atoms with Crippen LogP contribution in [0.4, 0.5) is 0 Å². The van der Waals surface area contributed by atoms with Crippen molar-refractivity contribution in [1.82, 2.24) is 16.0 Å². The highest BCUT2D eigenvalue weighted by Gasteiger charge is 2.26. The Morgan fingerprint density at radius 2 is 1.79 bits per heavy atom. The minimum absolute atomic E-state index is 0.0251. The summed E-state index contributed by atoms with van der Waals surface area (Å²) >= 11 is 1.55. The Morgan fingerprint density at radius 3 is 2.48 bits per heavy atom. The molecule has 154 valence electrons. The van der Waals surface area contributed by atoms with Crippen LogP contribution < -0.4 is 16.0 Å². The van der Waals surface area contributed by atoms with Gasteiger partial charge in [0.2, 0.25) is 5.91 Å². The van der Waals surface area contributed by atoms with Crippen LogP contribution in [-0.2, 0) is 14.4 Å². The Labute approximate surface area is 175 Å². The topological polar surface area (TPSA) is 87.3 Å². The molecule has 0 aliphatic heterocycles. The molecule has 3 rings (SSSR count). The van der Waals surface area contributed by atoms with Gasteiger partial charge in [-0.2, -0.15) is 0 Å². The van der Waals surface area contributed by atoms with Crippen molar-refractivity contribution < 1.29 is 14.4 Å². The lowest BCUT2D eigenvalue weighted by Crippen LogP contribution is -2.49. The van der Waals surface area contributed by atoms with Crippen molar-refractivity contribution in [3.63, 3.8) is 0 Å². The third kappa shape index (κ3) is 5.90. The number of thiophene rings is 1. The fourth-order valence-electron chi connectivity index (χ4n) is 3.64. The van der Waals surface area contributed by atoms with Gasteiger partial charge in [0.05, 0.1) is 12.6 Å². The van der Waals surface area contributed by atoms with Crippen LogP contribution in [0.2, 0.25) is 0 Å². The number of hydrogen-bond acceptors (Lipinski definition) is 4. The van der Waals surface area contributed by atoms with Gasteiger partial charge in [0.15, 0.2) is 0 Å². The molecular formula is C22H27N3O3S. The summed E-state index contributed by atoms with van der Waals surface area (Å²) in [7, 11) is 0. The van der Waals surface area contributed by atoms with E-state index in [0.717, 1.165) is 36.1 Å². The van der Waals surface area contributed by atoms with Crippen molar-refractivity contribution in [2.75, 3.05) is 6.54 Å². The maximum Gasteiger partial charge on any atom is 0.309 e. The standard InChI is InChI=1S/C22H27N3O3S/c1-15-8-5-6-11-17(15)24-22(28)21(27)23-14-19(26)25-20(18-12-7-13-29-18)16-9-3-2-4-10-16/h2-4,7,9-10,12-13,15,17,20H,5-6,8,11,14H2,1H3,(H,23,27)(H,24,28)(H,25,26)/t15-,17+,20-/m1/s1. The Kier molecular flexibility index (Phi) is 7.41. The lowest BCUT2D eigenvalue weighted by atomic mass is 9.86. The monoisotopic (exact) mass is 413 g/mol. The number of benzene rings is 1. The van der Waals surface area contributed by atoms with Crippen molar-refractivity contribution in [2.24, 2.45) is 5.92 Å². The molecule has 1 heterocycles. The molecule has 3 amide bonds. The van der Waals surface area contributed by atoms with Gasteiger partial charge in [-0.3, -0.25) is 14.4 Å². The van der Waals surface area contributed by atoms with Gasteiger partial charge in [0.25, 0.3) is 0 Å². The number of nitrogens with one attached hydrogen (secondary N) is 3. The van der Waals surface area contributed by atoms with E-state index in [1.54, 1.807) is 11.3 Å². The lowest BCUT2D eigenvalue weighted by Gasteiger charge is -2.29. The van der Waals surface area contributed by atoms with Gasteiger partial charge in [-0.1, -0.05) is 56.2 Å². The van der Waals surface area contributed by atoms with Crippen LogP contribution in [0, 0.1) is 5.92 Å². The number of rotatable bonds is 6. The van der Waals surface area contributed by atoms with E-state index in [0.29, 0.717) is 5.92 Å². The summed E-state index contributed by atoms with van der Waals surface area (Å²) in [5, 5.41) is 10.1. The van der Waals surface area contributed by atoms with E-state index in [-0.39, 0.29) is 24.5 Å². The fraction of sp³-hybridized carbons (Fsp3) is 0.409. The molecule has 1 aliphatic rings. The minimum Gasteiger partial charge on any atom is -0.345 e. The average molecular weight is 414 g/mol. The molecule has 3 N–H and O–H groups in total. The van der Waals surface area contributed by atoms with Crippen LogP contribution in [0.15, 0.2) is 47.8 Å². The Morgan fingerprint density at radius 1 is 1.03 bits per heavy atom. The summed E-state index contributed by atoms with van der Waals surface area (Å²) in [5.41, 5.74) is 0.957. The van der Waals surface area contributed by atoms with Gasteiger partial charge in [0, 0.05) is 10.9 Å². The van der Waals surface area contributed by atoms with Crippen LogP contribution in [0.5, 0.6) is 0 Å². The molecule has 1 saturated carbocycles. The van der Waals surface area contributed by atoms with Crippen LogP contribution in [0.1, 0.15) is 49.1 Å². The zero-order valence-corrected chi connectivity index (χ0v) is 17.3. The van der Waals surface area contributed by atoms with Crippen LogP contribution in [0.3, 0.4) is 0 Å². The van der Waals surface area contributed by atoms with E-state index < -0.39 is 11.8 Å². The molecular weight excluding hydrogens is 386 g/mol. The highest BCUT2D eigenvalue weighted by atomic mass is 32.1. The maximum absolute atomic E-state index is 12.4. The number of hydrogen-bond donors (Lipinski definition) is 3. The first-order valence-electron chi connectivity index (χ1n) is 10.0. The third-order valence-electron chi connectivity index (χ3n) is 5.31. The van der Waals surface area contributed by atoms with Crippen LogP contribution >= 0.6 is 11.3 Å². The molecule has 2 aromatic rings. The van der Waals surface area contributed by atoms with Gasteiger partial charge in [0.1, 0.15) is 0 Å². The van der Waals surface area contributed by atoms with Gasteiger partial charge in [-0.15, -0.1) is 11.3 Å². The predicted octanol–water partition coefficient (Wildman–Crippen LogP) is 2.76. The first kappa shape index (κ1) is 21.0. The smallest absolute Gasteiger partial charge is 0.309 e. The zero-order chi connectivity index (χ0) is 20.6. The largest absolute Gasteiger partial charge is 0.345 e. The molecule has 1 fully saturated rings. The van der Waals surface area contributed by atoms with E-state index in [9.17, 15) is 14.4 Å². The van der Waals surface area contributed by atoms with E-state index >= 15 is 0 Å². The predicted molar refractivity (Wildman–Crippen MR) is 113 cm³/mol.